The minimum Gasteiger partial charge on any atom is -0.364 e. The minimum atomic E-state index is 0.110. The van der Waals surface area contributed by atoms with E-state index in [1.807, 2.05) is 34.8 Å². The lowest BCUT2D eigenvalue weighted by molar-refractivity contribution is 0.0709. The van der Waals surface area contributed by atoms with Gasteiger partial charge >= 0.3 is 0 Å². The summed E-state index contributed by atoms with van der Waals surface area (Å²) < 4.78 is 1.92. The molecule has 0 saturated carbocycles. The van der Waals surface area contributed by atoms with Gasteiger partial charge in [0.25, 0.3) is 5.91 Å². The highest BCUT2D eigenvalue weighted by molar-refractivity contribution is 5.93. The van der Waals surface area contributed by atoms with Gasteiger partial charge in [-0.1, -0.05) is 48.5 Å². The molecule has 0 radical (unpaired) electrons. The number of anilines is 1. The summed E-state index contributed by atoms with van der Waals surface area (Å²) in [5, 5.41) is 0. The van der Waals surface area contributed by atoms with Crippen molar-refractivity contribution in [1.82, 2.24) is 14.4 Å². The third-order valence-corrected chi connectivity index (χ3v) is 6.36. The Hall–Kier alpha value is -3.05. The van der Waals surface area contributed by atoms with Gasteiger partial charge in [-0.15, -0.1) is 0 Å². The minimum absolute atomic E-state index is 0.110. The Morgan fingerprint density at radius 1 is 0.933 bits per heavy atom. The van der Waals surface area contributed by atoms with Crippen molar-refractivity contribution in [1.29, 1.82) is 0 Å². The molecular formula is C25H28N4O. The van der Waals surface area contributed by atoms with Gasteiger partial charge in [0.2, 0.25) is 0 Å². The Morgan fingerprint density at radius 2 is 1.73 bits per heavy atom. The van der Waals surface area contributed by atoms with Crippen LogP contribution in [0.5, 0.6) is 0 Å². The largest absolute Gasteiger partial charge is 0.364 e. The number of piperazine rings is 1. The first-order chi connectivity index (χ1) is 14.7. The van der Waals surface area contributed by atoms with Gasteiger partial charge in [0.05, 0.1) is 6.04 Å². The first-order valence-corrected chi connectivity index (χ1v) is 10.7. The van der Waals surface area contributed by atoms with Crippen LogP contribution in [0.1, 0.15) is 21.6 Å². The van der Waals surface area contributed by atoms with Crippen molar-refractivity contribution in [3.8, 4) is 0 Å². The molecule has 0 spiro atoms. The number of amides is 1. The maximum Gasteiger partial charge on any atom is 0.270 e. The number of fused-ring (bicyclic) bond motifs is 3. The van der Waals surface area contributed by atoms with E-state index in [0.29, 0.717) is 6.54 Å². The molecule has 0 aliphatic carbocycles. The van der Waals surface area contributed by atoms with Gasteiger partial charge in [-0.2, -0.15) is 0 Å². The molecule has 2 aromatic carbocycles. The number of nitrogens with zero attached hydrogens (tertiary/aromatic N) is 4. The van der Waals surface area contributed by atoms with Crippen LogP contribution in [0, 0.1) is 0 Å². The lowest BCUT2D eigenvalue weighted by Crippen LogP contribution is -2.56. The van der Waals surface area contributed by atoms with Crippen molar-refractivity contribution < 1.29 is 4.79 Å². The summed E-state index contributed by atoms with van der Waals surface area (Å²) in [6.45, 7) is 5.33. The zero-order valence-electron chi connectivity index (χ0n) is 17.4. The fourth-order valence-electron chi connectivity index (χ4n) is 4.83. The van der Waals surface area contributed by atoms with E-state index in [1.54, 1.807) is 0 Å². The Morgan fingerprint density at radius 3 is 2.53 bits per heavy atom. The number of para-hydroxylation sites is 1. The smallest absolute Gasteiger partial charge is 0.270 e. The monoisotopic (exact) mass is 400 g/mol. The van der Waals surface area contributed by atoms with Crippen LogP contribution in [0.4, 0.5) is 5.69 Å². The van der Waals surface area contributed by atoms with Gasteiger partial charge < -0.3 is 14.4 Å². The maximum absolute atomic E-state index is 13.4. The molecule has 1 aromatic heterocycles. The molecule has 5 nitrogen and oxygen atoms in total. The van der Waals surface area contributed by atoms with E-state index in [4.69, 9.17) is 0 Å². The number of aryl methyl sites for hydroxylation is 1. The second-order valence-electron chi connectivity index (χ2n) is 8.39. The van der Waals surface area contributed by atoms with Gasteiger partial charge in [-0.25, -0.2) is 0 Å². The molecule has 5 heteroatoms. The van der Waals surface area contributed by atoms with E-state index >= 15 is 0 Å². The van der Waals surface area contributed by atoms with Gasteiger partial charge in [0.15, 0.2) is 0 Å². The van der Waals surface area contributed by atoms with Crippen molar-refractivity contribution in [3.63, 3.8) is 0 Å². The van der Waals surface area contributed by atoms with E-state index < -0.39 is 0 Å². The number of carbonyl (C=O) groups excluding carboxylic acids is 1. The van der Waals surface area contributed by atoms with Crippen molar-refractivity contribution in [2.75, 3.05) is 31.1 Å². The predicted octanol–water partition coefficient (Wildman–Crippen LogP) is 3.37. The topological polar surface area (TPSA) is 31.7 Å². The van der Waals surface area contributed by atoms with Gasteiger partial charge in [0, 0.05) is 58.2 Å². The molecule has 0 N–H and O–H groups in total. The molecule has 30 heavy (non-hydrogen) atoms. The summed E-state index contributed by atoms with van der Waals surface area (Å²) in [4.78, 5) is 20.4. The number of benzene rings is 2. The van der Waals surface area contributed by atoms with Crippen LogP contribution in [-0.2, 0) is 20.1 Å². The second-order valence-corrected chi connectivity index (χ2v) is 8.39. The SMILES string of the molecule is Cn1cccc1C(=O)N1Cc2ccccc2N2CCN(Cc3ccccc3)CC2C1. The lowest BCUT2D eigenvalue weighted by atomic mass is 10.1. The summed E-state index contributed by atoms with van der Waals surface area (Å²) in [7, 11) is 1.94. The average Bonchev–Trinajstić information content (AvgIpc) is 3.12. The molecule has 1 fully saturated rings. The Labute approximate surface area is 178 Å². The van der Waals surface area contributed by atoms with E-state index in [2.05, 4.69) is 64.4 Å². The van der Waals surface area contributed by atoms with Gasteiger partial charge in [-0.3, -0.25) is 9.69 Å². The van der Waals surface area contributed by atoms with Crippen LogP contribution in [-0.4, -0.2) is 52.5 Å². The molecule has 5 rings (SSSR count). The van der Waals surface area contributed by atoms with Crippen LogP contribution in [0.2, 0.25) is 0 Å². The summed E-state index contributed by atoms with van der Waals surface area (Å²) in [6, 6.07) is 23.4. The average molecular weight is 401 g/mol. The Kier molecular flexibility index (Phi) is 5.05. The zero-order chi connectivity index (χ0) is 20.5. The number of carbonyl (C=O) groups is 1. The molecule has 154 valence electrons. The van der Waals surface area contributed by atoms with E-state index in [0.717, 1.165) is 38.4 Å². The van der Waals surface area contributed by atoms with Crippen molar-refractivity contribution in [3.05, 3.63) is 89.7 Å². The van der Waals surface area contributed by atoms with Crippen LogP contribution in [0.15, 0.2) is 72.9 Å². The molecule has 1 saturated heterocycles. The molecule has 3 heterocycles. The number of rotatable bonds is 3. The van der Waals surface area contributed by atoms with E-state index in [-0.39, 0.29) is 11.9 Å². The highest BCUT2D eigenvalue weighted by Gasteiger charge is 2.34. The Bertz CT molecular complexity index is 1030. The molecule has 3 aromatic rings. The lowest BCUT2D eigenvalue weighted by Gasteiger charge is -2.43. The fraction of sp³-hybridized carbons (Fsp3) is 0.320. The molecular weight excluding hydrogens is 372 g/mol. The van der Waals surface area contributed by atoms with Crippen LogP contribution < -0.4 is 4.90 Å². The third-order valence-electron chi connectivity index (χ3n) is 6.36. The first-order valence-electron chi connectivity index (χ1n) is 10.7. The first kappa shape index (κ1) is 18.9. The second kappa shape index (κ2) is 8.00. The quantitative estimate of drug-likeness (QED) is 0.676. The third kappa shape index (κ3) is 3.61. The summed E-state index contributed by atoms with van der Waals surface area (Å²) in [5.74, 6) is 0.110. The molecule has 1 unspecified atom stereocenters. The molecule has 2 aliphatic rings. The van der Waals surface area contributed by atoms with Crippen LogP contribution >= 0.6 is 0 Å². The van der Waals surface area contributed by atoms with Crippen LogP contribution in [0.25, 0.3) is 0 Å². The fourth-order valence-corrected chi connectivity index (χ4v) is 4.83. The summed E-state index contributed by atoms with van der Waals surface area (Å²) in [5.41, 5.74) is 4.61. The number of hydrogen-bond donors (Lipinski definition) is 0. The highest BCUT2D eigenvalue weighted by Crippen LogP contribution is 2.30. The van der Waals surface area contributed by atoms with Gasteiger partial charge in [0.1, 0.15) is 5.69 Å². The normalized spacial score (nSPS) is 19.2. The Balaban J connectivity index is 1.42. The molecule has 1 amide bonds. The molecule has 1 atom stereocenters. The van der Waals surface area contributed by atoms with Gasteiger partial charge in [-0.05, 0) is 29.3 Å². The van der Waals surface area contributed by atoms with E-state index in [1.165, 1.54) is 16.8 Å². The van der Waals surface area contributed by atoms with Crippen molar-refractivity contribution >= 4 is 11.6 Å². The number of hydrogen-bond acceptors (Lipinski definition) is 3. The standard InChI is InChI=1S/C25H28N4O/c1-26-13-7-12-24(26)25(30)28-17-21-10-5-6-11-23(21)29-15-14-27(18-22(29)19-28)16-20-8-3-2-4-9-20/h2-13,22H,14-19H2,1H3. The summed E-state index contributed by atoms with van der Waals surface area (Å²) >= 11 is 0. The van der Waals surface area contributed by atoms with E-state index in [9.17, 15) is 4.79 Å². The van der Waals surface area contributed by atoms with Crippen molar-refractivity contribution in [2.45, 2.75) is 19.1 Å². The van der Waals surface area contributed by atoms with Crippen molar-refractivity contribution in [2.24, 2.45) is 7.05 Å². The summed E-state index contributed by atoms with van der Waals surface area (Å²) in [6.07, 6.45) is 1.94. The number of aromatic nitrogens is 1. The van der Waals surface area contributed by atoms with Crippen LogP contribution in [0.3, 0.4) is 0 Å². The zero-order valence-corrected chi connectivity index (χ0v) is 17.4. The highest BCUT2D eigenvalue weighted by atomic mass is 16.2. The predicted molar refractivity (Wildman–Crippen MR) is 119 cm³/mol. The molecule has 0 bridgehead atoms. The molecule has 2 aliphatic heterocycles. The maximum atomic E-state index is 13.4.